The minimum absolute atomic E-state index is 0.403. The molecule has 0 spiro atoms. The minimum Gasteiger partial charge on any atom is -0.369 e. The van der Waals surface area contributed by atoms with E-state index in [2.05, 4.69) is 31.3 Å². The number of carbonyl (C=O) groups is 1. The van der Waals surface area contributed by atoms with E-state index >= 15 is 0 Å². The fraction of sp³-hybridized carbons (Fsp3) is 0.167. The summed E-state index contributed by atoms with van der Waals surface area (Å²) in [7, 11) is -1.54. The molecule has 0 aliphatic carbocycles. The number of carbonyl (C=O) groups excluding carboxylic acids is 1. The first-order valence-corrected chi connectivity index (χ1v) is 10.4. The maximum absolute atomic E-state index is 12.2. The summed E-state index contributed by atoms with van der Waals surface area (Å²) >= 11 is 0. The standard InChI is InChI=1S/C18H18O2Si/c1-21(2,3)14-13-20-18(19)17-12-8-7-11-16(17)15-9-5-4-6-10-15/h4-12H,1-3H3. The minimum atomic E-state index is -1.54. The van der Waals surface area contributed by atoms with Crippen LogP contribution in [0.2, 0.25) is 19.6 Å². The average molecular weight is 294 g/mol. The summed E-state index contributed by atoms with van der Waals surface area (Å²) in [5.41, 5.74) is 5.41. The van der Waals surface area contributed by atoms with Crippen LogP contribution in [0.1, 0.15) is 10.4 Å². The lowest BCUT2D eigenvalue weighted by Crippen LogP contribution is -2.16. The van der Waals surface area contributed by atoms with Crippen LogP contribution >= 0.6 is 0 Å². The highest BCUT2D eigenvalue weighted by atomic mass is 28.3. The SMILES string of the molecule is C[Si](C)(C)C#COC(=O)c1ccccc1-c1ccccc1. The van der Waals surface area contributed by atoms with Crippen LogP contribution in [0, 0.1) is 11.7 Å². The fourth-order valence-electron chi connectivity index (χ4n) is 1.81. The lowest BCUT2D eigenvalue weighted by Gasteiger charge is -2.07. The third-order valence-electron chi connectivity index (χ3n) is 2.80. The fourth-order valence-corrected chi connectivity index (χ4v) is 2.17. The van der Waals surface area contributed by atoms with Gasteiger partial charge in [-0.15, -0.1) is 0 Å². The highest BCUT2D eigenvalue weighted by Crippen LogP contribution is 2.23. The maximum atomic E-state index is 12.2. The Morgan fingerprint density at radius 3 is 2.24 bits per heavy atom. The molecule has 0 fully saturated rings. The molecule has 0 saturated heterocycles. The van der Waals surface area contributed by atoms with Crippen molar-refractivity contribution in [1.82, 2.24) is 0 Å². The van der Waals surface area contributed by atoms with Gasteiger partial charge in [-0.2, -0.15) is 0 Å². The maximum Gasteiger partial charge on any atom is 0.352 e. The summed E-state index contributed by atoms with van der Waals surface area (Å²) in [6.45, 7) is 6.31. The number of rotatable bonds is 2. The van der Waals surface area contributed by atoms with Gasteiger partial charge in [0.15, 0.2) is 0 Å². The van der Waals surface area contributed by atoms with Crippen molar-refractivity contribution in [2.24, 2.45) is 0 Å². The third-order valence-corrected chi connectivity index (χ3v) is 3.65. The second-order valence-electron chi connectivity index (χ2n) is 5.78. The van der Waals surface area contributed by atoms with E-state index in [1.165, 1.54) is 0 Å². The molecule has 0 radical (unpaired) electrons. The predicted molar refractivity (Wildman–Crippen MR) is 88.4 cm³/mol. The predicted octanol–water partition coefficient (Wildman–Crippen LogP) is 4.35. The summed E-state index contributed by atoms with van der Waals surface area (Å²) in [5, 5.41) is 0. The number of hydrogen-bond donors (Lipinski definition) is 0. The lowest BCUT2D eigenvalue weighted by molar-refractivity contribution is 0.0691. The van der Waals surface area contributed by atoms with Gasteiger partial charge in [0.1, 0.15) is 14.2 Å². The smallest absolute Gasteiger partial charge is 0.352 e. The van der Waals surface area contributed by atoms with E-state index in [0.717, 1.165) is 11.1 Å². The molecule has 2 nitrogen and oxygen atoms in total. The summed E-state index contributed by atoms with van der Waals surface area (Å²) in [6, 6.07) is 17.2. The van der Waals surface area contributed by atoms with Gasteiger partial charge < -0.3 is 4.74 Å². The Kier molecular flexibility index (Phi) is 4.61. The Hall–Kier alpha value is -2.31. The van der Waals surface area contributed by atoms with Crippen LogP contribution in [-0.4, -0.2) is 14.0 Å². The number of benzene rings is 2. The average Bonchev–Trinajstić information content (AvgIpc) is 2.47. The van der Waals surface area contributed by atoms with Crippen molar-refractivity contribution < 1.29 is 9.53 Å². The molecule has 3 heteroatoms. The van der Waals surface area contributed by atoms with E-state index in [9.17, 15) is 4.79 Å². The molecule has 2 aromatic rings. The molecule has 0 N–H and O–H groups in total. The zero-order valence-corrected chi connectivity index (χ0v) is 13.5. The Labute approximate surface area is 126 Å². The van der Waals surface area contributed by atoms with Crippen LogP contribution in [0.3, 0.4) is 0 Å². The van der Waals surface area contributed by atoms with E-state index < -0.39 is 14.0 Å². The Balaban J connectivity index is 2.28. The zero-order chi connectivity index (χ0) is 15.3. The van der Waals surface area contributed by atoms with Crippen molar-refractivity contribution in [3.8, 4) is 22.8 Å². The Morgan fingerprint density at radius 1 is 0.952 bits per heavy atom. The van der Waals surface area contributed by atoms with E-state index in [-0.39, 0.29) is 0 Å². The van der Waals surface area contributed by atoms with E-state index in [4.69, 9.17) is 4.74 Å². The topological polar surface area (TPSA) is 26.3 Å². The van der Waals surface area contributed by atoms with E-state index in [0.29, 0.717) is 5.56 Å². The molecule has 0 aliphatic heterocycles. The Bertz CT molecular complexity index is 688. The van der Waals surface area contributed by atoms with Gasteiger partial charge in [0.25, 0.3) is 0 Å². The first-order chi connectivity index (χ1) is 9.97. The van der Waals surface area contributed by atoms with Gasteiger partial charge in [-0.05, 0) is 17.2 Å². The molecule has 0 unspecified atom stereocenters. The molecule has 0 aliphatic rings. The highest BCUT2D eigenvalue weighted by molar-refractivity contribution is 6.83. The molecule has 2 aromatic carbocycles. The molecule has 21 heavy (non-hydrogen) atoms. The number of esters is 1. The number of hydrogen-bond acceptors (Lipinski definition) is 2. The normalized spacial score (nSPS) is 10.4. The summed E-state index contributed by atoms with van der Waals surface area (Å²) in [6.07, 6.45) is 2.56. The first kappa shape index (κ1) is 15.1. The summed E-state index contributed by atoms with van der Waals surface area (Å²) in [4.78, 5) is 12.2. The molecule has 0 amide bonds. The quantitative estimate of drug-likeness (QED) is 0.467. The van der Waals surface area contributed by atoms with Crippen LogP contribution < -0.4 is 0 Å². The van der Waals surface area contributed by atoms with Crippen molar-refractivity contribution in [2.75, 3.05) is 0 Å². The second-order valence-corrected chi connectivity index (χ2v) is 10.5. The van der Waals surface area contributed by atoms with Crippen LogP contribution in [-0.2, 0) is 4.74 Å². The van der Waals surface area contributed by atoms with E-state index in [1.54, 1.807) is 6.07 Å². The van der Waals surface area contributed by atoms with Gasteiger partial charge >= 0.3 is 5.97 Å². The first-order valence-electron chi connectivity index (χ1n) is 6.85. The van der Waals surface area contributed by atoms with Crippen molar-refractivity contribution in [3.05, 3.63) is 60.2 Å². The van der Waals surface area contributed by atoms with Gasteiger partial charge in [-0.25, -0.2) is 4.79 Å². The van der Waals surface area contributed by atoms with Crippen molar-refractivity contribution in [2.45, 2.75) is 19.6 Å². The van der Waals surface area contributed by atoms with Crippen molar-refractivity contribution >= 4 is 14.0 Å². The number of ether oxygens (including phenoxy) is 1. The van der Waals surface area contributed by atoms with Crippen molar-refractivity contribution in [3.63, 3.8) is 0 Å². The van der Waals surface area contributed by atoms with Crippen LogP contribution in [0.4, 0.5) is 0 Å². The van der Waals surface area contributed by atoms with E-state index in [1.807, 2.05) is 48.5 Å². The Morgan fingerprint density at radius 2 is 1.57 bits per heavy atom. The summed E-state index contributed by atoms with van der Waals surface area (Å²) < 4.78 is 5.10. The third kappa shape index (κ3) is 4.33. The molecule has 0 atom stereocenters. The van der Waals surface area contributed by atoms with Crippen LogP contribution in [0.25, 0.3) is 11.1 Å². The van der Waals surface area contributed by atoms with Gasteiger partial charge in [-0.1, -0.05) is 73.7 Å². The summed E-state index contributed by atoms with van der Waals surface area (Å²) in [5.74, 6) is -0.403. The molecule has 0 heterocycles. The lowest BCUT2D eigenvalue weighted by atomic mass is 10.00. The van der Waals surface area contributed by atoms with Gasteiger partial charge in [0.05, 0.1) is 5.56 Å². The van der Waals surface area contributed by atoms with Crippen LogP contribution in [0.15, 0.2) is 54.6 Å². The molecular formula is C18H18O2Si. The molecule has 0 aromatic heterocycles. The molecule has 0 bridgehead atoms. The molecular weight excluding hydrogens is 276 g/mol. The second kappa shape index (κ2) is 6.42. The zero-order valence-electron chi connectivity index (χ0n) is 12.5. The molecule has 106 valence electrons. The highest BCUT2D eigenvalue weighted by Gasteiger charge is 2.14. The monoisotopic (exact) mass is 294 g/mol. The van der Waals surface area contributed by atoms with Gasteiger partial charge in [-0.3, -0.25) is 0 Å². The van der Waals surface area contributed by atoms with Crippen LogP contribution in [0.5, 0.6) is 0 Å². The molecule has 0 saturated carbocycles. The van der Waals surface area contributed by atoms with Gasteiger partial charge in [0, 0.05) is 0 Å². The van der Waals surface area contributed by atoms with Gasteiger partial charge in [0.2, 0.25) is 0 Å². The van der Waals surface area contributed by atoms with Crippen molar-refractivity contribution in [1.29, 1.82) is 0 Å². The molecule has 2 rings (SSSR count). The largest absolute Gasteiger partial charge is 0.369 e.